The highest BCUT2D eigenvalue weighted by molar-refractivity contribution is 6.30. The van der Waals surface area contributed by atoms with Gasteiger partial charge in [0.2, 0.25) is 0 Å². The molecule has 0 spiro atoms. The molecule has 33 heavy (non-hydrogen) atoms. The van der Waals surface area contributed by atoms with Crippen molar-refractivity contribution >= 4 is 23.2 Å². The minimum absolute atomic E-state index is 0.148. The topological polar surface area (TPSA) is 54.5 Å². The Bertz CT molecular complexity index is 1310. The van der Waals surface area contributed by atoms with Crippen molar-refractivity contribution in [3.63, 3.8) is 0 Å². The highest BCUT2D eigenvalue weighted by atomic mass is 35.5. The Kier molecular flexibility index (Phi) is 5.64. The molecule has 0 radical (unpaired) electrons. The van der Waals surface area contributed by atoms with Crippen LogP contribution in [0.3, 0.4) is 0 Å². The molecular weight excluding hydrogens is 443 g/mol. The van der Waals surface area contributed by atoms with Crippen LogP contribution in [0.5, 0.6) is 0 Å². The van der Waals surface area contributed by atoms with Gasteiger partial charge in [-0.25, -0.2) is 9.07 Å². The van der Waals surface area contributed by atoms with E-state index in [2.05, 4.69) is 5.10 Å². The monoisotopic (exact) mass is 464 g/mol. The molecular formula is C25H22ClFN4O2. The smallest absolute Gasteiger partial charge is 0.272 e. The number of furan rings is 1. The molecule has 0 atom stereocenters. The zero-order chi connectivity index (χ0) is 22.9. The van der Waals surface area contributed by atoms with Crippen LogP contribution in [0, 0.1) is 12.7 Å². The van der Waals surface area contributed by atoms with Crippen LogP contribution in [0.2, 0.25) is 5.02 Å². The first-order valence-electron chi connectivity index (χ1n) is 10.7. The molecule has 2 aromatic carbocycles. The second-order valence-electron chi connectivity index (χ2n) is 7.95. The Morgan fingerprint density at radius 3 is 2.48 bits per heavy atom. The third-order valence-corrected chi connectivity index (χ3v) is 5.97. The van der Waals surface area contributed by atoms with Crippen LogP contribution in [0.25, 0.3) is 17.1 Å². The number of anilines is 1. The number of aryl methyl sites for hydroxylation is 1. The summed E-state index contributed by atoms with van der Waals surface area (Å²) in [6.45, 7) is 3.90. The quantitative estimate of drug-likeness (QED) is 0.417. The van der Waals surface area contributed by atoms with Gasteiger partial charge in [-0.15, -0.1) is 0 Å². The van der Waals surface area contributed by atoms with Gasteiger partial charge in [0, 0.05) is 37.3 Å². The second kappa shape index (κ2) is 8.75. The first-order chi connectivity index (χ1) is 16.0. The predicted molar refractivity (Wildman–Crippen MR) is 126 cm³/mol. The van der Waals surface area contributed by atoms with Crippen molar-refractivity contribution in [3.8, 4) is 17.1 Å². The number of benzene rings is 2. The molecule has 0 saturated carbocycles. The maximum absolute atomic E-state index is 14.2. The molecule has 0 bridgehead atoms. The van der Waals surface area contributed by atoms with Crippen molar-refractivity contribution in [2.75, 3.05) is 31.1 Å². The van der Waals surface area contributed by atoms with Crippen LogP contribution in [-0.2, 0) is 0 Å². The number of piperazine rings is 1. The van der Waals surface area contributed by atoms with Crippen LogP contribution >= 0.6 is 11.6 Å². The number of rotatable bonds is 4. The van der Waals surface area contributed by atoms with Crippen molar-refractivity contribution in [2.24, 2.45) is 0 Å². The number of carbonyl (C=O) groups excluding carboxylic acids is 1. The number of carbonyl (C=O) groups is 1. The minimum Gasteiger partial charge on any atom is -0.460 e. The second-order valence-corrected chi connectivity index (χ2v) is 8.38. The lowest BCUT2D eigenvalue weighted by molar-refractivity contribution is 0.0737. The summed E-state index contributed by atoms with van der Waals surface area (Å²) in [4.78, 5) is 17.3. The van der Waals surface area contributed by atoms with Gasteiger partial charge in [-0.1, -0.05) is 29.8 Å². The maximum atomic E-state index is 14.2. The molecule has 8 heteroatoms. The van der Waals surface area contributed by atoms with Gasteiger partial charge in [0.25, 0.3) is 5.91 Å². The van der Waals surface area contributed by atoms with Crippen molar-refractivity contribution in [2.45, 2.75) is 6.92 Å². The van der Waals surface area contributed by atoms with Gasteiger partial charge >= 0.3 is 0 Å². The molecule has 0 aliphatic carbocycles. The molecule has 1 amide bonds. The summed E-state index contributed by atoms with van der Waals surface area (Å²) >= 11 is 6.20. The van der Waals surface area contributed by atoms with Gasteiger partial charge in [-0.2, -0.15) is 5.10 Å². The highest BCUT2D eigenvalue weighted by Crippen LogP contribution is 2.26. The summed E-state index contributed by atoms with van der Waals surface area (Å²) in [5, 5.41) is 5.20. The molecule has 1 fully saturated rings. The third kappa shape index (κ3) is 4.24. The fraction of sp³-hybridized carbons (Fsp3) is 0.200. The SMILES string of the molecule is Cc1ccc(-c2cc(C(=O)N3CCN(c4ccccc4F)CC3)n(-c3cccc(Cl)c3)n2)o1. The lowest BCUT2D eigenvalue weighted by atomic mass is 10.2. The Balaban J connectivity index is 1.44. The van der Waals surface area contributed by atoms with Crippen LogP contribution in [0.4, 0.5) is 10.1 Å². The number of amides is 1. The van der Waals surface area contributed by atoms with E-state index in [9.17, 15) is 9.18 Å². The van der Waals surface area contributed by atoms with Gasteiger partial charge in [0.15, 0.2) is 5.76 Å². The van der Waals surface area contributed by atoms with Gasteiger partial charge < -0.3 is 14.2 Å². The molecule has 4 aromatic rings. The molecule has 5 rings (SSSR count). The Labute approximate surface area is 195 Å². The summed E-state index contributed by atoms with van der Waals surface area (Å²) in [5.41, 5.74) is 2.23. The highest BCUT2D eigenvalue weighted by Gasteiger charge is 2.27. The van der Waals surface area contributed by atoms with E-state index in [1.807, 2.05) is 42.2 Å². The summed E-state index contributed by atoms with van der Waals surface area (Å²) < 4.78 is 21.5. The first kappa shape index (κ1) is 21.3. The molecule has 1 aliphatic rings. The first-order valence-corrected chi connectivity index (χ1v) is 11.1. The van der Waals surface area contributed by atoms with E-state index >= 15 is 0 Å². The van der Waals surface area contributed by atoms with Crippen molar-refractivity contribution < 1.29 is 13.6 Å². The summed E-state index contributed by atoms with van der Waals surface area (Å²) in [7, 11) is 0. The molecule has 0 unspecified atom stereocenters. The van der Waals surface area contributed by atoms with E-state index in [0.29, 0.717) is 59.7 Å². The van der Waals surface area contributed by atoms with E-state index in [-0.39, 0.29) is 11.7 Å². The standard InChI is InChI=1S/C25H22ClFN4O2/c1-17-9-10-24(33-17)21-16-23(31(28-21)19-6-4-5-18(26)15-19)25(32)30-13-11-29(12-14-30)22-8-3-2-7-20(22)27/h2-10,15-16H,11-14H2,1H3. The molecule has 168 valence electrons. The van der Waals surface area contributed by atoms with E-state index < -0.39 is 0 Å². The lowest BCUT2D eigenvalue weighted by Gasteiger charge is -2.36. The lowest BCUT2D eigenvalue weighted by Crippen LogP contribution is -2.49. The molecule has 2 aromatic heterocycles. The fourth-order valence-corrected chi connectivity index (χ4v) is 4.24. The third-order valence-electron chi connectivity index (χ3n) is 5.73. The normalized spacial score (nSPS) is 14.0. The van der Waals surface area contributed by atoms with Gasteiger partial charge in [-0.3, -0.25) is 4.79 Å². The number of hydrogen-bond donors (Lipinski definition) is 0. The summed E-state index contributed by atoms with van der Waals surface area (Å²) in [6.07, 6.45) is 0. The van der Waals surface area contributed by atoms with Gasteiger partial charge in [0.05, 0.1) is 11.4 Å². The van der Waals surface area contributed by atoms with E-state index in [0.717, 1.165) is 5.76 Å². The average Bonchev–Trinajstić information content (AvgIpc) is 3.46. The Morgan fingerprint density at radius 2 is 1.79 bits per heavy atom. The van der Waals surface area contributed by atoms with Crippen LogP contribution in [-0.4, -0.2) is 46.8 Å². The number of nitrogens with zero attached hydrogens (tertiary/aromatic N) is 4. The zero-order valence-electron chi connectivity index (χ0n) is 18.0. The maximum Gasteiger partial charge on any atom is 0.272 e. The number of aromatic nitrogens is 2. The van der Waals surface area contributed by atoms with E-state index in [1.165, 1.54) is 6.07 Å². The number of hydrogen-bond acceptors (Lipinski definition) is 4. The van der Waals surface area contributed by atoms with Crippen LogP contribution < -0.4 is 4.90 Å². The van der Waals surface area contributed by atoms with Crippen molar-refractivity contribution in [1.82, 2.24) is 14.7 Å². The van der Waals surface area contributed by atoms with Crippen molar-refractivity contribution in [1.29, 1.82) is 0 Å². The molecule has 0 N–H and O–H groups in total. The fourth-order valence-electron chi connectivity index (χ4n) is 4.05. The molecule has 1 aliphatic heterocycles. The predicted octanol–water partition coefficient (Wildman–Crippen LogP) is 5.20. The average molecular weight is 465 g/mol. The summed E-state index contributed by atoms with van der Waals surface area (Å²) in [5.74, 6) is 0.950. The Morgan fingerprint density at radius 1 is 1.00 bits per heavy atom. The van der Waals surface area contributed by atoms with Crippen molar-refractivity contribution in [3.05, 3.63) is 89.0 Å². The molecule has 3 heterocycles. The minimum atomic E-state index is -0.255. The number of halogens is 2. The van der Waals surface area contributed by atoms with E-state index in [1.54, 1.807) is 39.9 Å². The van der Waals surface area contributed by atoms with Crippen LogP contribution in [0.15, 0.2) is 71.1 Å². The molecule has 1 saturated heterocycles. The Hall–Kier alpha value is -3.58. The van der Waals surface area contributed by atoms with Gasteiger partial charge in [0.1, 0.15) is 23.0 Å². The van der Waals surface area contributed by atoms with Crippen LogP contribution in [0.1, 0.15) is 16.2 Å². The zero-order valence-corrected chi connectivity index (χ0v) is 18.8. The number of para-hydroxylation sites is 1. The van der Waals surface area contributed by atoms with E-state index in [4.69, 9.17) is 16.0 Å². The molecule has 6 nitrogen and oxygen atoms in total. The largest absolute Gasteiger partial charge is 0.460 e. The summed E-state index contributed by atoms with van der Waals surface area (Å²) in [6, 6.07) is 19.3. The van der Waals surface area contributed by atoms with Gasteiger partial charge in [-0.05, 0) is 49.4 Å².